The SMILES string of the molecule is CCCNCc1ccc(OCCCCC#N)c(Cl)c1. The van der Waals surface area contributed by atoms with Crippen LogP contribution in [-0.2, 0) is 6.54 Å². The van der Waals surface area contributed by atoms with Gasteiger partial charge in [-0.05, 0) is 43.5 Å². The molecule has 1 aromatic carbocycles. The second-order valence-electron chi connectivity index (χ2n) is 4.41. The Balaban J connectivity index is 2.37. The molecule has 0 aliphatic carbocycles. The van der Waals surface area contributed by atoms with E-state index < -0.39 is 0 Å². The Morgan fingerprint density at radius 1 is 1.37 bits per heavy atom. The van der Waals surface area contributed by atoms with E-state index in [1.54, 1.807) is 0 Å². The molecule has 0 aromatic heterocycles. The number of ether oxygens (including phenoxy) is 1. The van der Waals surface area contributed by atoms with Gasteiger partial charge in [0.15, 0.2) is 0 Å². The van der Waals surface area contributed by atoms with Gasteiger partial charge in [0, 0.05) is 13.0 Å². The summed E-state index contributed by atoms with van der Waals surface area (Å²) in [6, 6.07) is 8.00. The lowest BCUT2D eigenvalue weighted by Gasteiger charge is -2.09. The van der Waals surface area contributed by atoms with Crippen molar-refractivity contribution in [2.24, 2.45) is 0 Å². The Morgan fingerprint density at radius 2 is 2.21 bits per heavy atom. The second-order valence-corrected chi connectivity index (χ2v) is 4.81. The Bertz CT molecular complexity index is 415. The minimum atomic E-state index is 0.582. The highest BCUT2D eigenvalue weighted by Gasteiger charge is 2.03. The van der Waals surface area contributed by atoms with Crippen molar-refractivity contribution < 1.29 is 4.74 Å². The van der Waals surface area contributed by atoms with Crippen molar-refractivity contribution in [3.05, 3.63) is 28.8 Å². The minimum Gasteiger partial charge on any atom is -0.492 e. The molecular formula is C15H21ClN2O. The van der Waals surface area contributed by atoms with E-state index >= 15 is 0 Å². The van der Waals surface area contributed by atoms with Crippen LogP contribution in [0.3, 0.4) is 0 Å². The van der Waals surface area contributed by atoms with Gasteiger partial charge in [0.05, 0.1) is 17.7 Å². The molecule has 1 N–H and O–H groups in total. The van der Waals surface area contributed by atoms with Gasteiger partial charge < -0.3 is 10.1 Å². The summed E-state index contributed by atoms with van der Waals surface area (Å²) < 4.78 is 5.60. The van der Waals surface area contributed by atoms with E-state index in [2.05, 4.69) is 18.3 Å². The fourth-order valence-electron chi connectivity index (χ4n) is 1.67. The van der Waals surface area contributed by atoms with Crippen LogP contribution >= 0.6 is 11.6 Å². The highest BCUT2D eigenvalue weighted by atomic mass is 35.5. The summed E-state index contributed by atoms with van der Waals surface area (Å²) >= 11 is 6.18. The van der Waals surface area contributed by atoms with E-state index in [1.807, 2.05) is 18.2 Å². The van der Waals surface area contributed by atoms with E-state index in [9.17, 15) is 0 Å². The molecule has 19 heavy (non-hydrogen) atoms. The molecule has 0 saturated carbocycles. The van der Waals surface area contributed by atoms with Crippen LogP contribution in [0, 0.1) is 11.3 Å². The van der Waals surface area contributed by atoms with Crippen LogP contribution in [-0.4, -0.2) is 13.2 Å². The van der Waals surface area contributed by atoms with Crippen molar-refractivity contribution in [2.45, 2.75) is 39.2 Å². The molecule has 0 unspecified atom stereocenters. The maximum atomic E-state index is 8.43. The predicted molar refractivity (Wildman–Crippen MR) is 78.4 cm³/mol. The lowest BCUT2D eigenvalue weighted by Crippen LogP contribution is -2.13. The lowest BCUT2D eigenvalue weighted by atomic mass is 10.2. The largest absolute Gasteiger partial charge is 0.492 e. The fourth-order valence-corrected chi connectivity index (χ4v) is 1.93. The third kappa shape index (κ3) is 6.47. The number of unbranched alkanes of at least 4 members (excludes halogenated alkanes) is 2. The summed E-state index contributed by atoms with van der Waals surface area (Å²) in [6.45, 7) is 4.59. The smallest absolute Gasteiger partial charge is 0.137 e. The Labute approximate surface area is 120 Å². The van der Waals surface area contributed by atoms with Gasteiger partial charge >= 0.3 is 0 Å². The van der Waals surface area contributed by atoms with Crippen LogP contribution < -0.4 is 10.1 Å². The molecule has 0 radical (unpaired) electrons. The molecular weight excluding hydrogens is 260 g/mol. The standard InChI is InChI=1S/C15H21ClN2O/c1-2-9-18-12-13-6-7-15(14(16)11-13)19-10-5-3-4-8-17/h6-7,11,18H,2-5,9-10,12H2,1H3. The fraction of sp³-hybridized carbons (Fsp3) is 0.533. The van der Waals surface area contributed by atoms with Crippen molar-refractivity contribution in [3.8, 4) is 11.8 Å². The summed E-state index contributed by atoms with van der Waals surface area (Å²) in [4.78, 5) is 0. The molecule has 0 saturated heterocycles. The highest BCUT2D eigenvalue weighted by molar-refractivity contribution is 6.32. The molecule has 0 heterocycles. The van der Waals surface area contributed by atoms with Crippen molar-refractivity contribution in [1.82, 2.24) is 5.32 Å². The number of nitriles is 1. The topological polar surface area (TPSA) is 45.0 Å². The first-order valence-electron chi connectivity index (χ1n) is 6.76. The average molecular weight is 281 g/mol. The van der Waals surface area contributed by atoms with Crippen molar-refractivity contribution >= 4 is 11.6 Å². The molecule has 0 aliphatic rings. The number of nitrogens with zero attached hydrogens (tertiary/aromatic N) is 1. The van der Waals surface area contributed by atoms with Crippen molar-refractivity contribution in [1.29, 1.82) is 5.26 Å². The zero-order valence-corrected chi connectivity index (χ0v) is 12.2. The zero-order valence-electron chi connectivity index (χ0n) is 11.4. The van der Waals surface area contributed by atoms with Crippen LogP contribution in [0.4, 0.5) is 0 Å². The predicted octanol–water partition coefficient (Wildman–Crippen LogP) is 3.91. The van der Waals surface area contributed by atoms with E-state index in [0.29, 0.717) is 18.1 Å². The molecule has 0 atom stereocenters. The van der Waals surface area contributed by atoms with Gasteiger partial charge in [-0.15, -0.1) is 0 Å². The first-order valence-corrected chi connectivity index (χ1v) is 7.14. The number of halogens is 1. The number of hydrogen-bond acceptors (Lipinski definition) is 3. The van der Waals surface area contributed by atoms with Gasteiger partial charge in [0.25, 0.3) is 0 Å². The number of hydrogen-bond donors (Lipinski definition) is 1. The number of rotatable bonds is 9. The van der Waals surface area contributed by atoms with Gasteiger partial charge in [-0.25, -0.2) is 0 Å². The second kappa shape index (κ2) is 9.66. The van der Waals surface area contributed by atoms with E-state index in [0.717, 1.165) is 43.7 Å². The molecule has 1 rings (SSSR count). The van der Waals surface area contributed by atoms with Gasteiger partial charge in [0.1, 0.15) is 5.75 Å². The Hall–Kier alpha value is -1.24. The first-order chi connectivity index (χ1) is 9.27. The summed E-state index contributed by atoms with van der Waals surface area (Å²) in [5.41, 5.74) is 1.16. The third-order valence-corrected chi connectivity index (χ3v) is 2.99. The van der Waals surface area contributed by atoms with Crippen molar-refractivity contribution in [3.63, 3.8) is 0 Å². The summed E-state index contributed by atoms with van der Waals surface area (Å²) in [5.74, 6) is 0.720. The molecule has 0 spiro atoms. The van der Waals surface area contributed by atoms with Crippen LogP contribution in [0.5, 0.6) is 5.75 Å². The van der Waals surface area contributed by atoms with Gasteiger partial charge in [-0.2, -0.15) is 5.26 Å². The monoisotopic (exact) mass is 280 g/mol. The number of benzene rings is 1. The molecule has 0 aliphatic heterocycles. The third-order valence-electron chi connectivity index (χ3n) is 2.69. The van der Waals surface area contributed by atoms with E-state index in [4.69, 9.17) is 21.6 Å². The van der Waals surface area contributed by atoms with Crippen LogP contribution in [0.25, 0.3) is 0 Å². The van der Waals surface area contributed by atoms with E-state index in [1.165, 1.54) is 0 Å². The maximum Gasteiger partial charge on any atom is 0.137 e. The first kappa shape index (κ1) is 15.8. The Kier molecular flexibility index (Phi) is 8.04. The molecule has 3 nitrogen and oxygen atoms in total. The molecule has 0 bridgehead atoms. The van der Waals surface area contributed by atoms with Crippen molar-refractivity contribution in [2.75, 3.05) is 13.2 Å². The van der Waals surface area contributed by atoms with Crippen LogP contribution in [0.15, 0.2) is 18.2 Å². The summed E-state index contributed by atoms with van der Waals surface area (Å²) in [6.07, 6.45) is 3.45. The van der Waals surface area contributed by atoms with Crippen LogP contribution in [0.1, 0.15) is 38.2 Å². The zero-order chi connectivity index (χ0) is 13.9. The average Bonchev–Trinajstić information content (AvgIpc) is 2.41. The molecule has 0 fully saturated rings. The minimum absolute atomic E-state index is 0.582. The van der Waals surface area contributed by atoms with Gasteiger partial charge in [0.2, 0.25) is 0 Å². The van der Waals surface area contributed by atoms with Gasteiger partial charge in [-0.3, -0.25) is 0 Å². The van der Waals surface area contributed by atoms with E-state index in [-0.39, 0.29) is 0 Å². The van der Waals surface area contributed by atoms with Gasteiger partial charge in [-0.1, -0.05) is 24.6 Å². The number of nitrogens with one attached hydrogen (secondary N) is 1. The lowest BCUT2D eigenvalue weighted by molar-refractivity contribution is 0.307. The molecule has 0 amide bonds. The summed E-state index contributed by atoms with van der Waals surface area (Å²) in [5, 5.41) is 12.4. The van der Waals surface area contributed by atoms with Crippen LogP contribution in [0.2, 0.25) is 5.02 Å². The maximum absolute atomic E-state index is 8.43. The molecule has 104 valence electrons. The normalized spacial score (nSPS) is 10.2. The molecule has 4 heteroatoms. The highest BCUT2D eigenvalue weighted by Crippen LogP contribution is 2.25. The molecule has 1 aromatic rings. The Morgan fingerprint density at radius 3 is 2.89 bits per heavy atom. The summed E-state index contributed by atoms with van der Waals surface area (Å²) in [7, 11) is 0. The quantitative estimate of drug-likeness (QED) is 0.698.